The van der Waals surface area contributed by atoms with Gasteiger partial charge >= 0.3 is 5.97 Å². The summed E-state index contributed by atoms with van der Waals surface area (Å²) in [6.45, 7) is 3.81. The van der Waals surface area contributed by atoms with Crippen LogP contribution in [0.3, 0.4) is 0 Å². The highest BCUT2D eigenvalue weighted by molar-refractivity contribution is 6.05. The SMILES string of the molecule is CC(C)[C@H](NC(=O)c1nn(Cc2ccc(F)cc2)c2ccccc12)C(=O)O. The van der Waals surface area contributed by atoms with Crippen LogP contribution in [0.1, 0.15) is 29.9 Å². The Hall–Kier alpha value is -3.22. The second kappa shape index (κ2) is 7.57. The smallest absolute Gasteiger partial charge is 0.326 e. The normalized spacial score (nSPS) is 12.3. The Morgan fingerprint density at radius 3 is 2.44 bits per heavy atom. The molecular weight excluding hydrogens is 349 g/mol. The van der Waals surface area contributed by atoms with Crippen LogP contribution in [0.15, 0.2) is 48.5 Å². The van der Waals surface area contributed by atoms with E-state index in [1.165, 1.54) is 12.1 Å². The van der Waals surface area contributed by atoms with E-state index in [0.29, 0.717) is 11.9 Å². The van der Waals surface area contributed by atoms with Crippen molar-refractivity contribution in [2.24, 2.45) is 5.92 Å². The first-order chi connectivity index (χ1) is 12.9. The number of nitrogens with one attached hydrogen (secondary N) is 1. The van der Waals surface area contributed by atoms with Gasteiger partial charge in [-0.2, -0.15) is 5.10 Å². The highest BCUT2D eigenvalue weighted by Gasteiger charge is 2.26. The molecule has 0 saturated carbocycles. The van der Waals surface area contributed by atoms with Crippen molar-refractivity contribution in [3.05, 3.63) is 65.6 Å². The summed E-state index contributed by atoms with van der Waals surface area (Å²) in [6.07, 6.45) is 0. The van der Waals surface area contributed by atoms with Gasteiger partial charge in [-0.05, 0) is 29.7 Å². The molecule has 6 nitrogen and oxygen atoms in total. The van der Waals surface area contributed by atoms with E-state index in [-0.39, 0.29) is 17.4 Å². The molecule has 1 heterocycles. The van der Waals surface area contributed by atoms with Crippen molar-refractivity contribution in [3.63, 3.8) is 0 Å². The molecule has 0 unspecified atom stereocenters. The fourth-order valence-corrected chi connectivity index (χ4v) is 2.90. The Bertz CT molecular complexity index is 980. The van der Waals surface area contributed by atoms with Gasteiger partial charge in [-0.1, -0.05) is 44.2 Å². The lowest BCUT2D eigenvalue weighted by Crippen LogP contribution is -2.44. The monoisotopic (exact) mass is 369 g/mol. The van der Waals surface area contributed by atoms with E-state index >= 15 is 0 Å². The van der Waals surface area contributed by atoms with Crippen molar-refractivity contribution < 1.29 is 19.1 Å². The summed E-state index contributed by atoms with van der Waals surface area (Å²) in [5.74, 6) is -2.21. The molecule has 1 amide bonds. The molecule has 0 bridgehead atoms. The zero-order valence-electron chi connectivity index (χ0n) is 15.0. The number of carboxylic acids is 1. The van der Waals surface area contributed by atoms with Gasteiger partial charge in [0.05, 0.1) is 12.1 Å². The molecule has 0 aliphatic rings. The van der Waals surface area contributed by atoms with Crippen LogP contribution in [0, 0.1) is 11.7 Å². The molecule has 27 heavy (non-hydrogen) atoms. The van der Waals surface area contributed by atoms with Crippen molar-refractivity contribution in [2.75, 3.05) is 0 Å². The predicted octanol–water partition coefficient (Wildman–Crippen LogP) is 3.06. The Kier molecular flexibility index (Phi) is 5.21. The first-order valence-electron chi connectivity index (χ1n) is 8.60. The van der Waals surface area contributed by atoms with Crippen LogP contribution in [0.25, 0.3) is 10.9 Å². The number of hydrogen-bond donors (Lipinski definition) is 2. The Morgan fingerprint density at radius 2 is 1.81 bits per heavy atom. The largest absolute Gasteiger partial charge is 0.480 e. The third-order valence-corrected chi connectivity index (χ3v) is 4.34. The van der Waals surface area contributed by atoms with E-state index < -0.39 is 17.9 Å². The Labute approximate surface area is 155 Å². The number of carbonyl (C=O) groups excluding carboxylic acids is 1. The minimum Gasteiger partial charge on any atom is -0.480 e. The molecular formula is C20H20FN3O3. The summed E-state index contributed by atoms with van der Waals surface area (Å²) in [5.41, 5.74) is 1.74. The van der Waals surface area contributed by atoms with E-state index in [2.05, 4.69) is 10.4 Å². The summed E-state index contributed by atoms with van der Waals surface area (Å²) < 4.78 is 14.8. The molecule has 140 valence electrons. The summed E-state index contributed by atoms with van der Waals surface area (Å²) in [6, 6.07) is 12.3. The first-order valence-corrected chi connectivity index (χ1v) is 8.60. The van der Waals surface area contributed by atoms with Crippen molar-refractivity contribution in [1.82, 2.24) is 15.1 Å². The molecule has 0 fully saturated rings. The van der Waals surface area contributed by atoms with Gasteiger partial charge in [0.25, 0.3) is 5.91 Å². The van der Waals surface area contributed by atoms with Crippen molar-refractivity contribution in [3.8, 4) is 0 Å². The number of rotatable bonds is 6. The van der Waals surface area contributed by atoms with E-state index in [1.807, 2.05) is 12.1 Å². The van der Waals surface area contributed by atoms with Crippen LogP contribution in [0.4, 0.5) is 4.39 Å². The van der Waals surface area contributed by atoms with Crippen molar-refractivity contribution >= 4 is 22.8 Å². The highest BCUT2D eigenvalue weighted by atomic mass is 19.1. The maximum absolute atomic E-state index is 13.1. The van der Waals surface area contributed by atoms with Crippen molar-refractivity contribution in [1.29, 1.82) is 0 Å². The van der Waals surface area contributed by atoms with Gasteiger partial charge in [0.15, 0.2) is 5.69 Å². The maximum atomic E-state index is 13.1. The molecule has 0 spiro atoms. The second-order valence-electron chi connectivity index (χ2n) is 6.68. The fourth-order valence-electron chi connectivity index (χ4n) is 2.90. The summed E-state index contributed by atoms with van der Waals surface area (Å²) in [7, 11) is 0. The zero-order chi connectivity index (χ0) is 19.6. The lowest BCUT2D eigenvalue weighted by molar-refractivity contribution is -0.140. The summed E-state index contributed by atoms with van der Waals surface area (Å²) in [5, 5.41) is 16.9. The van der Waals surface area contributed by atoms with Crippen LogP contribution < -0.4 is 5.32 Å². The molecule has 1 atom stereocenters. The average molecular weight is 369 g/mol. The molecule has 2 aromatic carbocycles. The number of fused-ring (bicyclic) bond motifs is 1. The molecule has 2 N–H and O–H groups in total. The quantitative estimate of drug-likeness (QED) is 0.699. The van der Waals surface area contributed by atoms with Gasteiger partial charge in [-0.25, -0.2) is 9.18 Å². The van der Waals surface area contributed by atoms with Crippen LogP contribution in [-0.2, 0) is 11.3 Å². The number of aromatic nitrogens is 2. The number of halogens is 1. The van der Waals surface area contributed by atoms with Crippen LogP contribution >= 0.6 is 0 Å². The van der Waals surface area contributed by atoms with Crippen LogP contribution in [0.5, 0.6) is 0 Å². The number of para-hydroxylation sites is 1. The molecule has 7 heteroatoms. The van der Waals surface area contributed by atoms with Gasteiger partial charge in [-0.15, -0.1) is 0 Å². The standard InChI is InChI=1S/C20H20FN3O3/c1-12(2)17(20(26)27)22-19(25)18-15-5-3-4-6-16(15)24(23-18)11-13-7-9-14(21)10-8-13/h3-10,12,17H,11H2,1-2H3,(H,22,25)(H,26,27)/t17-/m0/s1. The lowest BCUT2D eigenvalue weighted by atomic mass is 10.0. The number of nitrogens with zero attached hydrogens (tertiary/aromatic N) is 2. The Morgan fingerprint density at radius 1 is 1.15 bits per heavy atom. The third-order valence-electron chi connectivity index (χ3n) is 4.34. The van der Waals surface area contributed by atoms with Gasteiger partial charge in [-0.3, -0.25) is 9.48 Å². The topological polar surface area (TPSA) is 84.2 Å². The molecule has 3 aromatic rings. The molecule has 0 radical (unpaired) electrons. The maximum Gasteiger partial charge on any atom is 0.326 e. The zero-order valence-corrected chi connectivity index (χ0v) is 15.0. The molecule has 3 rings (SSSR count). The summed E-state index contributed by atoms with van der Waals surface area (Å²) >= 11 is 0. The summed E-state index contributed by atoms with van der Waals surface area (Å²) in [4.78, 5) is 24.1. The number of amides is 1. The van der Waals surface area contributed by atoms with Gasteiger partial charge < -0.3 is 10.4 Å². The fraction of sp³-hybridized carbons (Fsp3) is 0.250. The molecule has 1 aromatic heterocycles. The number of carboxylic acid groups (broad SMARTS) is 1. The minimum absolute atomic E-state index is 0.166. The number of aliphatic carboxylic acids is 1. The van der Waals surface area contributed by atoms with E-state index in [9.17, 15) is 19.1 Å². The first kappa shape index (κ1) is 18.6. The predicted molar refractivity (Wildman–Crippen MR) is 99.0 cm³/mol. The van der Waals surface area contributed by atoms with Crippen LogP contribution in [-0.4, -0.2) is 32.8 Å². The number of carbonyl (C=O) groups is 2. The average Bonchev–Trinajstić information content (AvgIpc) is 3.00. The molecule has 0 aliphatic carbocycles. The third kappa shape index (κ3) is 3.97. The highest BCUT2D eigenvalue weighted by Crippen LogP contribution is 2.20. The van der Waals surface area contributed by atoms with E-state index in [4.69, 9.17) is 0 Å². The lowest BCUT2D eigenvalue weighted by Gasteiger charge is -2.17. The van der Waals surface area contributed by atoms with Gasteiger partial charge in [0.2, 0.25) is 0 Å². The molecule has 0 aliphatic heterocycles. The van der Waals surface area contributed by atoms with Gasteiger partial charge in [0.1, 0.15) is 11.9 Å². The molecule has 0 saturated heterocycles. The van der Waals surface area contributed by atoms with Crippen LogP contribution in [0.2, 0.25) is 0 Å². The second-order valence-corrected chi connectivity index (χ2v) is 6.68. The number of hydrogen-bond acceptors (Lipinski definition) is 3. The van der Waals surface area contributed by atoms with E-state index in [0.717, 1.165) is 11.1 Å². The van der Waals surface area contributed by atoms with Gasteiger partial charge in [0, 0.05) is 5.39 Å². The van der Waals surface area contributed by atoms with Crippen molar-refractivity contribution in [2.45, 2.75) is 26.4 Å². The Balaban J connectivity index is 1.95. The van der Waals surface area contributed by atoms with E-state index in [1.54, 1.807) is 42.8 Å². The number of benzene rings is 2. The minimum atomic E-state index is -1.09.